The van der Waals surface area contributed by atoms with Crippen LogP contribution < -0.4 is 0 Å². The summed E-state index contributed by atoms with van der Waals surface area (Å²) in [5.74, 6) is 1.05. The molecule has 23 heavy (non-hydrogen) atoms. The van der Waals surface area contributed by atoms with Crippen molar-refractivity contribution in [3.63, 3.8) is 0 Å². The van der Waals surface area contributed by atoms with E-state index in [-0.39, 0.29) is 11.9 Å². The Labute approximate surface area is 150 Å². The summed E-state index contributed by atoms with van der Waals surface area (Å²) in [5.41, 5.74) is 3.31. The smallest absolute Gasteiger partial charge is 0.255 e. The van der Waals surface area contributed by atoms with E-state index in [1.807, 2.05) is 11.0 Å². The van der Waals surface area contributed by atoms with Gasteiger partial charge in [-0.1, -0.05) is 53.2 Å². The molecule has 0 bridgehead atoms. The van der Waals surface area contributed by atoms with E-state index in [9.17, 15) is 4.79 Å². The molecule has 1 heterocycles. The highest BCUT2D eigenvalue weighted by Crippen LogP contribution is 2.37. The van der Waals surface area contributed by atoms with Crippen molar-refractivity contribution in [3.8, 4) is 0 Å². The van der Waals surface area contributed by atoms with Crippen molar-refractivity contribution < 1.29 is 4.79 Å². The Morgan fingerprint density at radius 3 is 2.70 bits per heavy atom. The van der Waals surface area contributed by atoms with Crippen molar-refractivity contribution in [2.45, 2.75) is 43.5 Å². The molecule has 0 fully saturated rings. The average molecular weight is 390 g/mol. The number of nitrogens with zero attached hydrogens (tertiary/aromatic N) is 1. The predicted octanol–water partition coefficient (Wildman–Crippen LogP) is 5.50. The van der Waals surface area contributed by atoms with Crippen LogP contribution >= 0.6 is 27.7 Å². The van der Waals surface area contributed by atoms with Crippen LogP contribution in [-0.2, 0) is 12.3 Å². The van der Waals surface area contributed by atoms with Gasteiger partial charge in [0.25, 0.3) is 5.91 Å². The zero-order valence-electron chi connectivity index (χ0n) is 13.4. The molecule has 1 aliphatic heterocycles. The molecule has 2 aromatic carbocycles. The lowest BCUT2D eigenvalue weighted by atomic mass is 10.1. The van der Waals surface area contributed by atoms with Crippen LogP contribution in [0.2, 0.25) is 0 Å². The molecule has 120 valence electrons. The van der Waals surface area contributed by atoms with E-state index in [4.69, 9.17) is 0 Å². The fraction of sp³-hybridized carbons (Fsp3) is 0.316. The minimum Gasteiger partial charge on any atom is -0.332 e. The lowest BCUT2D eigenvalue weighted by Gasteiger charge is -2.22. The van der Waals surface area contributed by atoms with Gasteiger partial charge in [0, 0.05) is 27.7 Å². The van der Waals surface area contributed by atoms with Gasteiger partial charge in [0.05, 0.1) is 5.56 Å². The van der Waals surface area contributed by atoms with Gasteiger partial charge >= 0.3 is 0 Å². The summed E-state index contributed by atoms with van der Waals surface area (Å²) in [6.45, 7) is 4.97. The van der Waals surface area contributed by atoms with E-state index in [0.29, 0.717) is 0 Å². The molecule has 0 aromatic heterocycles. The van der Waals surface area contributed by atoms with Crippen molar-refractivity contribution in [2.24, 2.45) is 0 Å². The fourth-order valence-corrected chi connectivity index (χ4v) is 4.57. The highest BCUT2D eigenvalue weighted by molar-refractivity contribution is 9.10. The lowest BCUT2D eigenvalue weighted by molar-refractivity contribution is 0.0711. The van der Waals surface area contributed by atoms with Gasteiger partial charge in [-0.2, -0.15) is 0 Å². The number of rotatable bonds is 5. The van der Waals surface area contributed by atoms with E-state index in [1.54, 1.807) is 11.8 Å². The normalized spacial score (nSPS) is 14.9. The molecule has 0 radical (unpaired) electrons. The van der Waals surface area contributed by atoms with Crippen LogP contribution in [0.15, 0.2) is 51.8 Å². The summed E-state index contributed by atoms with van der Waals surface area (Å²) < 4.78 is 1.05. The Morgan fingerprint density at radius 1 is 1.26 bits per heavy atom. The molecular formula is C19H20BrNOS. The number of carbonyl (C=O) groups is 1. The summed E-state index contributed by atoms with van der Waals surface area (Å²) in [4.78, 5) is 15.9. The highest BCUT2D eigenvalue weighted by atomic mass is 79.9. The molecule has 4 heteroatoms. The number of amides is 1. The van der Waals surface area contributed by atoms with Crippen LogP contribution in [0.5, 0.6) is 0 Å². The molecule has 0 spiro atoms. The number of thioether (sulfide) groups is 1. The minimum atomic E-state index is 0.178. The number of halogens is 1. The molecule has 1 unspecified atom stereocenters. The number of fused-ring (bicyclic) bond motifs is 1. The van der Waals surface area contributed by atoms with Crippen LogP contribution in [0, 0.1) is 0 Å². The lowest BCUT2D eigenvalue weighted by Crippen LogP contribution is -2.32. The third kappa shape index (κ3) is 3.48. The monoisotopic (exact) mass is 389 g/mol. The second-order valence-corrected chi connectivity index (χ2v) is 7.84. The SMILES string of the molecule is CCC(C)N1Cc2cc(Br)cc(SCc3ccccc3)c2C1=O. The van der Waals surface area contributed by atoms with Gasteiger partial charge in [0.2, 0.25) is 0 Å². The van der Waals surface area contributed by atoms with Gasteiger partial charge < -0.3 is 4.90 Å². The second-order valence-electron chi connectivity index (χ2n) is 5.90. The summed E-state index contributed by atoms with van der Waals surface area (Å²) in [6.07, 6.45) is 0.980. The quantitative estimate of drug-likeness (QED) is 0.629. The molecule has 2 nitrogen and oxygen atoms in total. The van der Waals surface area contributed by atoms with E-state index in [0.717, 1.165) is 39.2 Å². The molecule has 2 aromatic rings. The molecule has 0 saturated heterocycles. The Balaban J connectivity index is 1.87. The zero-order valence-corrected chi connectivity index (χ0v) is 15.8. The first-order valence-corrected chi connectivity index (χ1v) is 9.68. The van der Waals surface area contributed by atoms with Crippen LogP contribution in [-0.4, -0.2) is 16.8 Å². The van der Waals surface area contributed by atoms with Crippen LogP contribution in [0.1, 0.15) is 41.8 Å². The Morgan fingerprint density at radius 2 is 2.00 bits per heavy atom. The van der Waals surface area contributed by atoms with Crippen molar-refractivity contribution in [3.05, 3.63) is 63.6 Å². The first-order chi connectivity index (χ1) is 11.1. The van der Waals surface area contributed by atoms with E-state index in [2.05, 4.69) is 66.2 Å². The number of carbonyl (C=O) groups excluding carboxylic acids is 1. The van der Waals surface area contributed by atoms with Crippen LogP contribution in [0.3, 0.4) is 0 Å². The minimum absolute atomic E-state index is 0.178. The third-order valence-corrected chi connectivity index (χ3v) is 5.89. The maximum absolute atomic E-state index is 12.8. The van der Waals surface area contributed by atoms with Gasteiger partial charge in [-0.25, -0.2) is 0 Å². The topological polar surface area (TPSA) is 20.3 Å². The first kappa shape index (κ1) is 16.6. The van der Waals surface area contributed by atoms with E-state index in [1.165, 1.54) is 5.56 Å². The van der Waals surface area contributed by atoms with Gasteiger partial charge in [0.15, 0.2) is 0 Å². The second kappa shape index (κ2) is 7.10. The summed E-state index contributed by atoms with van der Waals surface area (Å²) in [5, 5.41) is 0. The maximum atomic E-state index is 12.8. The summed E-state index contributed by atoms with van der Waals surface area (Å²) in [6, 6.07) is 14.8. The first-order valence-electron chi connectivity index (χ1n) is 7.90. The van der Waals surface area contributed by atoms with Gasteiger partial charge in [-0.15, -0.1) is 11.8 Å². The molecule has 1 atom stereocenters. The van der Waals surface area contributed by atoms with Crippen LogP contribution in [0.25, 0.3) is 0 Å². The Bertz CT molecular complexity index is 717. The third-order valence-electron chi connectivity index (χ3n) is 4.32. The van der Waals surface area contributed by atoms with Crippen molar-refractivity contribution in [1.82, 2.24) is 4.90 Å². The molecule has 3 rings (SSSR count). The van der Waals surface area contributed by atoms with E-state index >= 15 is 0 Å². The number of hydrogen-bond donors (Lipinski definition) is 0. The predicted molar refractivity (Wildman–Crippen MR) is 99.8 cm³/mol. The Hall–Kier alpha value is -1.26. The number of benzene rings is 2. The van der Waals surface area contributed by atoms with Crippen LogP contribution in [0.4, 0.5) is 0 Å². The van der Waals surface area contributed by atoms with E-state index < -0.39 is 0 Å². The van der Waals surface area contributed by atoms with Gasteiger partial charge in [-0.3, -0.25) is 4.79 Å². The molecule has 0 aliphatic carbocycles. The van der Waals surface area contributed by atoms with Gasteiger partial charge in [0.1, 0.15) is 0 Å². The van der Waals surface area contributed by atoms with Crippen molar-refractivity contribution in [1.29, 1.82) is 0 Å². The molecule has 1 amide bonds. The zero-order chi connectivity index (χ0) is 16.4. The largest absolute Gasteiger partial charge is 0.332 e. The maximum Gasteiger partial charge on any atom is 0.255 e. The summed E-state index contributed by atoms with van der Waals surface area (Å²) in [7, 11) is 0. The standard InChI is InChI=1S/C19H20BrNOS/c1-3-13(2)21-11-15-9-16(20)10-17(18(15)19(21)22)23-12-14-7-5-4-6-8-14/h4-10,13H,3,11-12H2,1-2H3. The van der Waals surface area contributed by atoms with Crippen molar-refractivity contribution >= 4 is 33.6 Å². The molecule has 0 saturated carbocycles. The molecule has 0 N–H and O–H groups in total. The Kier molecular flexibility index (Phi) is 5.12. The average Bonchev–Trinajstić information content (AvgIpc) is 2.89. The fourth-order valence-electron chi connectivity index (χ4n) is 2.83. The highest BCUT2D eigenvalue weighted by Gasteiger charge is 2.32. The van der Waals surface area contributed by atoms with Crippen molar-refractivity contribution in [2.75, 3.05) is 0 Å². The molecular weight excluding hydrogens is 370 g/mol. The number of hydrogen-bond acceptors (Lipinski definition) is 2. The summed E-state index contributed by atoms with van der Waals surface area (Å²) >= 11 is 5.33. The molecule has 1 aliphatic rings. The van der Waals surface area contributed by atoms with Gasteiger partial charge in [-0.05, 0) is 36.6 Å².